The monoisotopic (exact) mass is 425 g/mol. The van der Waals surface area contributed by atoms with E-state index in [-0.39, 0.29) is 18.7 Å². The molecule has 0 aliphatic heterocycles. The molecule has 0 saturated heterocycles. The smallest absolute Gasteiger partial charge is 0.262 e. The lowest BCUT2D eigenvalue weighted by Gasteiger charge is -2.09. The number of amides is 3. The van der Waals surface area contributed by atoms with Crippen LogP contribution in [0.25, 0.3) is 6.08 Å². The molecule has 2 aromatic rings. The lowest BCUT2D eigenvalue weighted by molar-refractivity contribution is -0.128. The highest BCUT2D eigenvalue weighted by Crippen LogP contribution is 2.27. The average Bonchev–Trinajstić information content (AvgIpc) is 2.77. The predicted molar refractivity (Wildman–Crippen MR) is 119 cm³/mol. The molecule has 164 valence electrons. The predicted octanol–water partition coefficient (Wildman–Crippen LogP) is 2.90. The molecule has 0 aliphatic carbocycles. The molecule has 0 unspecified atom stereocenters. The van der Waals surface area contributed by atoms with Gasteiger partial charge in [0.25, 0.3) is 5.91 Å². The third kappa shape index (κ3) is 7.50. The lowest BCUT2D eigenvalue weighted by Crippen LogP contribution is -2.41. The quantitative estimate of drug-likeness (QED) is 0.445. The van der Waals surface area contributed by atoms with Crippen LogP contribution in [-0.4, -0.2) is 31.9 Å². The number of anilines is 1. The van der Waals surface area contributed by atoms with E-state index in [1.54, 1.807) is 24.3 Å². The molecule has 0 aliphatic rings. The third-order valence-electron chi connectivity index (χ3n) is 4.41. The summed E-state index contributed by atoms with van der Waals surface area (Å²) in [6, 6.07) is 11.0. The van der Waals surface area contributed by atoms with Crippen molar-refractivity contribution in [3.8, 4) is 11.5 Å². The summed E-state index contributed by atoms with van der Waals surface area (Å²) in [5, 5.41) is 2.79. The summed E-state index contributed by atoms with van der Waals surface area (Å²) in [6.45, 7) is 3.83. The van der Waals surface area contributed by atoms with Crippen LogP contribution in [0, 0.1) is 13.8 Å². The van der Waals surface area contributed by atoms with E-state index in [4.69, 9.17) is 9.47 Å². The number of hydrogen-bond donors (Lipinski definition) is 3. The molecule has 0 bridgehead atoms. The van der Waals surface area contributed by atoms with Gasteiger partial charge in [0.05, 0.1) is 14.2 Å². The minimum absolute atomic E-state index is 0.00340. The molecule has 0 aromatic heterocycles. The average molecular weight is 425 g/mol. The van der Waals surface area contributed by atoms with Crippen molar-refractivity contribution in [3.63, 3.8) is 0 Å². The van der Waals surface area contributed by atoms with Gasteiger partial charge in [-0.3, -0.25) is 25.2 Å². The number of methoxy groups -OCH3 is 2. The summed E-state index contributed by atoms with van der Waals surface area (Å²) in [5.74, 6) is -0.133. The van der Waals surface area contributed by atoms with Gasteiger partial charge in [-0.05, 0) is 54.8 Å². The molecule has 8 heteroatoms. The maximum Gasteiger partial charge on any atom is 0.262 e. The Balaban J connectivity index is 1.76. The summed E-state index contributed by atoms with van der Waals surface area (Å²) in [6.07, 6.45) is 2.78. The van der Waals surface area contributed by atoms with Crippen molar-refractivity contribution < 1.29 is 23.9 Å². The second-order valence-corrected chi connectivity index (χ2v) is 6.85. The first-order chi connectivity index (χ1) is 14.8. The SMILES string of the molecule is COc1ccc(C=CC(=O)NNC(=O)CCC(=O)Nc2cc(C)ccc2C)cc1OC. The number of carbonyl (C=O) groups excluding carboxylic acids is 3. The van der Waals surface area contributed by atoms with Crippen LogP contribution in [0.15, 0.2) is 42.5 Å². The van der Waals surface area contributed by atoms with Gasteiger partial charge in [-0.2, -0.15) is 0 Å². The fourth-order valence-electron chi connectivity index (χ4n) is 2.67. The fraction of sp³-hybridized carbons (Fsp3) is 0.261. The van der Waals surface area contributed by atoms with Gasteiger partial charge >= 0.3 is 0 Å². The number of aryl methyl sites for hydroxylation is 2. The van der Waals surface area contributed by atoms with Crippen LogP contribution in [0.5, 0.6) is 11.5 Å². The Bertz CT molecular complexity index is 985. The first-order valence-electron chi connectivity index (χ1n) is 9.68. The van der Waals surface area contributed by atoms with E-state index < -0.39 is 11.8 Å². The van der Waals surface area contributed by atoms with E-state index >= 15 is 0 Å². The van der Waals surface area contributed by atoms with Crippen molar-refractivity contribution >= 4 is 29.5 Å². The van der Waals surface area contributed by atoms with E-state index in [1.165, 1.54) is 20.3 Å². The molecule has 8 nitrogen and oxygen atoms in total. The van der Waals surface area contributed by atoms with E-state index in [0.717, 1.165) is 22.4 Å². The van der Waals surface area contributed by atoms with Gasteiger partial charge in [0.15, 0.2) is 11.5 Å². The molecule has 0 saturated carbocycles. The number of rotatable bonds is 8. The zero-order chi connectivity index (χ0) is 22.8. The van der Waals surface area contributed by atoms with Crippen molar-refractivity contribution in [2.24, 2.45) is 0 Å². The fourth-order valence-corrected chi connectivity index (χ4v) is 2.67. The number of carbonyl (C=O) groups is 3. The largest absolute Gasteiger partial charge is 0.493 e. The standard InChI is InChI=1S/C23H27N3O5/c1-15-5-6-16(2)18(13-15)24-21(27)11-12-23(29)26-25-22(28)10-8-17-7-9-19(30-3)20(14-17)31-4/h5-10,13-14H,11-12H2,1-4H3,(H,24,27)(H,25,28)(H,26,29). The van der Waals surface area contributed by atoms with E-state index in [2.05, 4.69) is 16.2 Å². The molecular formula is C23H27N3O5. The highest BCUT2D eigenvalue weighted by Gasteiger charge is 2.09. The van der Waals surface area contributed by atoms with Gasteiger partial charge in [-0.15, -0.1) is 0 Å². The van der Waals surface area contributed by atoms with Crippen LogP contribution in [0.4, 0.5) is 5.69 Å². The molecular weight excluding hydrogens is 398 g/mol. The highest BCUT2D eigenvalue weighted by atomic mass is 16.5. The molecule has 3 N–H and O–H groups in total. The molecule has 2 aromatic carbocycles. The summed E-state index contributed by atoms with van der Waals surface area (Å²) < 4.78 is 10.4. The summed E-state index contributed by atoms with van der Waals surface area (Å²) in [4.78, 5) is 35.9. The van der Waals surface area contributed by atoms with Gasteiger partial charge in [0.2, 0.25) is 11.8 Å². The van der Waals surface area contributed by atoms with Gasteiger partial charge in [-0.25, -0.2) is 0 Å². The number of hydrazine groups is 1. The van der Waals surface area contributed by atoms with Crippen molar-refractivity contribution in [2.45, 2.75) is 26.7 Å². The Hall–Kier alpha value is -3.81. The molecule has 0 fully saturated rings. The zero-order valence-electron chi connectivity index (χ0n) is 18.1. The van der Waals surface area contributed by atoms with Gasteiger partial charge in [0, 0.05) is 24.6 Å². The maximum absolute atomic E-state index is 12.1. The van der Waals surface area contributed by atoms with Crippen molar-refractivity contribution in [3.05, 3.63) is 59.2 Å². The minimum atomic E-state index is -0.511. The Labute approximate surface area is 181 Å². The molecule has 0 heterocycles. The van der Waals surface area contributed by atoms with Crippen molar-refractivity contribution in [2.75, 3.05) is 19.5 Å². The minimum Gasteiger partial charge on any atom is -0.493 e. The van der Waals surface area contributed by atoms with E-state index in [0.29, 0.717) is 11.5 Å². The summed E-state index contributed by atoms with van der Waals surface area (Å²) in [7, 11) is 3.06. The Morgan fingerprint density at radius 3 is 2.29 bits per heavy atom. The first-order valence-corrected chi connectivity index (χ1v) is 9.68. The van der Waals surface area contributed by atoms with Gasteiger partial charge in [0.1, 0.15) is 0 Å². The van der Waals surface area contributed by atoms with Crippen LogP contribution >= 0.6 is 0 Å². The summed E-state index contributed by atoms with van der Waals surface area (Å²) in [5.41, 5.74) is 7.98. The van der Waals surface area contributed by atoms with E-state index in [9.17, 15) is 14.4 Å². The van der Waals surface area contributed by atoms with Crippen LogP contribution < -0.4 is 25.6 Å². The van der Waals surface area contributed by atoms with Gasteiger partial charge in [-0.1, -0.05) is 18.2 Å². The maximum atomic E-state index is 12.1. The molecule has 3 amide bonds. The molecule has 0 spiro atoms. The van der Waals surface area contributed by atoms with E-state index in [1.807, 2.05) is 32.0 Å². The number of ether oxygens (including phenoxy) is 2. The number of nitrogens with one attached hydrogen (secondary N) is 3. The molecule has 0 atom stereocenters. The molecule has 2 rings (SSSR count). The number of benzene rings is 2. The third-order valence-corrected chi connectivity index (χ3v) is 4.41. The second-order valence-electron chi connectivity index (χ2n) is 6.85. The normalized spacial score (nSPS) is 10.5. The Morgan fingerprint density at radius 1 is 0.871 bits per heavy atom. The van der Waals surface area contributed by atoms with Crippen molar-refractivity contribution in [1.82, 2.24) is 10.9 Å². The Kier molecular flexibility index (Phi) is 8.63. The second kappa shape index (κ2) is 11.4. The topological polar surface area (TPSA) is 106 Å². The van der Waals surface area contributed by atoms with Crippen LogP contribution in [0.3, 0.4) is 0 Å². The zero-order valence-corrected chi connectivity index (χ0v) is 18.1. The molecule has 31 heavy (non-hydrogen) atoms. The van der Waals surface area contributed by atoms with Gasteiger partial charge < -0.3 is 14.8 Å². The first kappa shape index (κ1) is 23.5. The van der Waals surface area contributed by atoms with Crippen LogP contribution in [0.1, 0.15) is 29.5 Å². The summed E-state index contributed by atoms with van der Waals surface area (Å²) >= 11 is 0. The highest BCUT2D eigenvalue weighted by molar-refractivity contribution is 5.95. The Morgan fingerprint density at radius 2 is 1.58 bits per heavy atom. The van der Waals surface area contributed by atoms with Crippen LogP contribution in [-0.2, 0) is 14.4 Å². The van der Waals surface area contributed by atoms with Crippen molar-refractivity contribution in [1.29, 1.82) is 0 Å². The van der Waals surface area contributed by atoms with Crippen LogP contribution in [0.2, 0.25) is 0 Å². The number of hydrogen-bond acceptors (Lipinski definition) is 5. The molecule has 0 radical (unpaired) electrons. The lowest BCUT2D eigenvalue weighted by atomic mass is 10.1.